The van der Waals surface area contributed by atoms with Gasteiger partial charge < -0.3 is 14.8 Å². The van der Waals surface area contributed by atoms with E-state index in [4.69, 9.17) is 9.47 Å². The third-order valence-electron chi connectivity index (χ3n) is 4.01. The molecular weight excluding hydrogens is 382 g/mol. The molecule has 3 rings (SSSR count). The van der Waals surface area contributed by atoms with Crippen LogP contribution in [0.15, 0.2) is 34.4 Å². The van der Waals surface area contributed by atoms with E-state index in [1.165, 1.54) is 11.3 Å². The van der Waals surface area contributed by atoms with E-state index in [0.717, 1.165) is 4.68 Å². The zero-order chi connectivity index (χ0) is 20.3. The van der Waals surface area contributed by atoms with Gasteiger partial charge >= 0.3 is 5.97 Å². The van der Waals surface area contributed by atoms with Crippen molar-refractivity contribution in [2.45, 2.75) is 20.3 Å². The summed E-state index contributed by atoms with van der Waals surface area (Å²) in [5.74, 6) is -0.246. The van der Waals surface area contributed by atoms with Crippen LogP contribution in [0, 0.1) is 0 Å². The van der Waals surface area contributed by atoms with E-state index in [-0.39, 0.29) is 30.0 Å². The number of thiophene rings is 1. The fourth-order valence-corrected chi connectivity index (χ4v) is 3.56. The van der Waals surface area contributed by atoms with Crippen molar-refractivity contribution in [3.8, 4) is 11.4 Å². The SMILES string of the molecule is CCOC(=O)c1nn(-c2ccc(OC)cc2)c(=O)c2c(NC(=O)CC)scc12. The second-order valence-electron chi connectivity index (χ2n) is 5.74. The third-order valence-corrected chi connectivity index (χ3v) is 4.91. The minimum Gasteiger partial charge on any atom is -0.497 e. The maximum absolute atomic E-state index is 13.1. The Bertz CT molecular complexity index is 1090. The number of nitrogens with one attached hydrogen (secondary N) is 1. The molecule has 0 aliphatic carbocycles. The highest BCUT2D eigenvalue weighted by Gasteiger charge is 2.23. The van der Waals surface area contributed by atoms with Gasteiger partial charge in [-0.15, -0.1) is 11.3 Å². The van der Waals surface area contributed by atoms with Crippen LogP contribution in [0.5, 0.6) is 5.75 Å². The number of esters is 1. The Hall–Kier alpha value is -3.20. The highest BCUT2D eigenvalue weighted by molar-refractivity contribution is 7.16. The highest BCUT2D eigenvalue weighted by Crippen LogP contribution is 2.30. The molecule has 9 heteroatoms. The summed E-state index contributed by atoms with van der Waals surface area (Å²) in [7, 11) is 1.54. The number of fused-ring (bicyclic) bond motifs is 1. The molecule has 0 aliphatic heterocycles. The van der Waals surface area contributed by atoms with Crippen molar-refractivity contribution in [1.29, 1.82) is 0 Å². The summed E-state index contributed by atoms with van der Waals surface area (Å²) < 4.78 is 11.4. The zero-order valence-corrected chi connectivity index (χ0v) is 16.5. The minimum atomic E-state index is -0.638. The molecule has 8 nitrogen and oxygen atoms in total. The van der Waals surface area contributed by atoms with E-state index in [1.54, 1.807) is 50.6 Å². The van der Waals surface area contributed by atoms with Gasteiger partial charge in [0.2, 0.25) is 5.91 Å². The van der Waals surface area contributed by atoms with Crippen LogP contribution in [-0.4, -0.2) is 35.4 Å². The molecule has 2 heterocycles. The molecule has 0 unspecified atom stereocenters. The summed E-state index contributed by atoms with van der Waals surface area (Å²) in [5, 5.41) is 9.53. The number of rotatable bonds is 6. The van der Waals surface area contributed by atoms with Crippen molar-refractivity contribution in [2.24, 2.45) is 0 Å². The second kappa shape index (κ2) is 8.22. The quantitative estimate of drug-likeness (QED) is 0.638. The Kier molecular flexibility index (Phi) is 5.74. The maximum Gasteiger partial charge on any atom is 0.359 e. The normalized spacial score (nSPS) is 10.7. The lowest BCUT2D eigenvalue weighted by molar-refractivity contribution is -0.115. The van der Waals surface area contributed by atoms with Crippen LogP contribution in [0.4, 0.5) is 5.00 Å². The van der Waals surface area contributed by atoms with Gasteiger partial charge in [-0.25, -0.2) is 4.79 Å². The van der Waals surface area contributed by atoms with E-state index in [1.807, 2.05) is 0 Å². The van der Waals surface area contributed by atoms with Gasteiger partial charge in [0, 0.05) is 17.2 Å². The first-order valence-corrected chi connectivity index (χ1v) is 9.54. The molecule has 28 heavy (non-hydrogen) atoms. The zero-order valence-electron chi connectivity index (χ0n) is 15.6. The molecule has 3 aromatic rings. The summed E-state index contributed by atoms with van der Waals surface area (Å²) in [4.78, 5) is 37.4. The molecule has 0 fully saturated rings. The van der Waals surface area contributed by atoms with Crippen LogP contribution in [0.3, 0.4) is 0 Å². The molecule has 1 aromatic carbocycles. The Morgan fingerprint density at radius 2 is 1.93 bits per heavy atom. The summed E-state index contributed by atoms with van der Waals surface area (Å²) >= 11 is 1.17. The lowest BCUT2D eigenvalue weighted by atomic mass is 10.2. The molecule has 0 saturated carbocycles. The van der Waals surface area contributed by atoms with Crippen LogP contribution < -0.4 is 15.6 Å². The van der Waals surface area contributed by atoms with Crippen molar-refractivity contribution in [3.63, 3.8) is 0 Å². The van der Waals surface area contributed by atoms with Crippen molar-refractivity contribution < 1.29 is 19.1 Å². The summed E-state index contributed by atoms with van der Waals surface area (Å²) in [5.41, 5.74) is 0.0265. The Morgan fingerprint density at radius 1 is 1.21 bits per heavy atom. The number of amides is 1. The first kappa shape index (κ1) is 19.6. The number of carbonyl (C=O) groups excluding carboxylic acids is 2. The summed E-state index contributed by atoms with van der Waals surface area (Å²) in [6.45, 7) is 3.58. The van der Waals surface area contributed by atoms with Crippen molar-refractivity contribution in [1.82, 2.24) is 9.78 Å². The molecule has 2 aromatic heterocycles. The van der Waals surface area contributed by atoms with Gasteiger partial charge in [0.15, 0.2) is 5.69 Å². The largest absolute Gasteiger partial charge is 0.497 e. The van der Waals surface area contributed by atoms with Gasteiger partial charge in [0.25, 0.3) is 5.56 Å². The monoisotopic (exact) mass is 401 g/mol. The summed E-state index contributed by atoms with van der Waals surface area (Å²) in [6.07, 6.45) is 0.266. The number of benzene rings is 1. The van der Waals surface area contributed by atoms with Crippen LogP contribution >= 0.6 is 11.3 Å². The first-order chi connectivity index (χ1) is 13.5. The number of hydrogen-bond donors (Lipinski definition) is 1. The summed E-state index contributed by atoms with van der Waals surface area (Å²) in [6, 6.07) is 6.69. The van der Waals surface area contributed by atoms with Crippen molar-refractivity contribution >= 4 is 39.0 Å². The van der Waals surface area contributed by atoms with E-state index in [9.17, 15) is 14.4 Å². The number of hydrogen-bond acceptors (Lipinski definition) is 7. The number of methoxy groups -OCH3 is 1. The van der Waals surface area contributed by atoms with Crippen LogP contribution in [0.2, 0.25) is 0 Å². The fourth-order valence-electron chi connectivity index (χ4n) is 2.61. The predicted octanol–water partition coefficient (Wildman–Crippen LogP) is 2.98. The van der Waals surface area contributed by atoms with Crippen LogP contribution in [-0.2, 0) is 9.53 Å². The lowest BCUT2D eigenvalue weighted by Gasteiger charge is -2.10. The van der Waals surface area contributed by atoms with Crippen molar-refractivity contribution in [2.75, 3.05) is 19.0 Å². The molecule has 146 valence electrons. The fraction of sp³-hybridized carbons (Fsp3) is 0.263. The number of nitrogens with zero attached hydrogens (tertiary/aromatic N) is 2. The predicted molar refractivity (Wildman–Crippen MR) is 107 cm³/mol. The number of aromatic nitrogens is 2. The number of carbonyl (C=O) groups is 2. The van der Waals surface area contributed by atoms with Gasteiger partial charge in [0.1, 0.15) is 10.8 Å². The number of anilines is 1. The van der Waals surface area contributed by atoms with Gasteiger partial charge in [-0.2, -0.15) is 9.78 Å². The van der Waals surface area contributed by atoms with E-state index in [2.05, 4.69) is 10.4 Å². The standard InChI is InChI=1S/C19H19N3O5S/c1-4-14(23)20-17-15-13(10-28-17)16(19(25)27-5-2)21-22(18(15)24)11-6-8-12(26-3)9-7-11/h6-10H,4-5H2,1-3H3,(H,20,23). The van der Waals surface area contributed by atoms with Crippen LogP contribution in [0.1, 0.15) is 30.8 Å². The smallest absolute Gasteiger partial charge is 0.359 e. The molecule has 0 aliphatic rings. The molecule has 0 bridgehead atoms. The van der Waals surface area contributed by atoms with Gasteiger partial charge in [-0.05, 0) is 31.2 Å². The highest BCUT2D eigenvalue weighted by atomic mass is 32.1. The molecule has 0 radical (unpaired) electrons. The maximum atomic E-state index is 13.1. The second-order valence-corrected chi connectivity index (χ2v) is 6.62. The lowest BCUT2D eigenvalue weighted by Crippen LogP contribution is -2.25. The van der Waals surface area contributed by atoms with E-state index >= 15 is 0 Å². The third kappa shape index (κ3) is 3.61. The topological polar surface area (TPSA) is 99.5 Å². The van der Waals surface area contributed by atoms with Crippen molar-refractivity contribution in [3.05, 3.63) is 45.7 Å². The Labute approximate surface area is 164 Å². The molecule has 1 amide bonds. The average molecular weight is 401 g/mol. The van der Waals surface area contributed by atoms with Crippen LogP contribution in [0.25, 0.3) is 16.5 Å². The molecule has 0 saturated heterocycles. The molecular formula is C19H19N3O5S. The molecule has 0 atom stereocenters. The number of ether oxygens (including phenoxy) is 2. The van der Waals surface area contributed by atoms with E-state index < -0.39 is 11.5 Å². The van der Waals surface area contributed by atoms with Gasteiger partial charge in [-0.1, -0.05) is 6.92 Å². The molecule has 1 N–H and O–H groups in total. The Morgan fingerprint density at radius 3 is 2.54 bits per heavy atom. The molecule has 0 spiro atoms. The Balaban J connectivity index is 2.26. The first-order valence-electron chi connectivity index (χ1n) is 8.66. The van der Waals surface area contributed by atoms with E-state index in [0.29, 0.717) is 21.8 Å². The van der Waals surface area contributed by atoms with Gasteiger partial charge in [-0.3, -0.25) is 9.59 Å². The van der Waals surface area contributed by atoms with Gasteiger partial charge in [0.05, 0.1) is 24.8 Å². The average Bonchev–Trinajstić information content (AvgIpc) is 3.12. The minimum absolute atomic E-state index is 0.0144.